The number of urea groups is 1. The van der Waals surface area contributed by atoms with E-state index in [9.17, 15) is 18.4 Å². The van der Waals surface area contributed by atoms with Gasteiger partial charge in [-0.3, -0.25) is 4.79 Å². The van der Waals surface area contributed by atoms with E-state index in [1.165, 1.54) is 19.1 Å². The zero-order valence-electron chi connectivity index (χ0n) is 16.0. The summed E-state index contributed by atoms with van der Waals surface area (Å²) >= 11 is 0. The molecule has 0 radical (unpaired) electrons. The highest BCUT2D eigenvalue weighted by atomic mass is 19.1. The van der Waals surface area contributed by atoms with Gasteiger partial charge in [-0.15, -0.1) is 0 Å². The number of anilines is 2. The van der Waals surface area contributed by atoms with Gasteiger partial charge in [0.15, 0.2) is 0 Å². The summed E-state index contributed by atoms with van der Waals surface area (Å²) < 4.78 is 37.2. The van der Waals surface area contributed by atoms with Crippen LogP contribution in [0.15, 0.2) is 36.4 Å². The van der Waals surface area contributed by atoms with Crippen molar-refractivity contribution in [3.05, 3.63) is 48.0 Å². The van der Waals surface area contributed by atoms with E-state index in [4.69, 9.17) is 9.47 Å². The molecule has 1 fully saturated rings. The summed E-state index contributed by atoms with van der Waals surface area (Å²) in [5.74, 6) is -0.998. The molecule has 7 nitrogen and oxygen atoms in total. The number of carbonyl (C=O) groups excluding carboxylic acids is 2. The van der Waals surface area contributed by atoms with Crippen LogP contribution in [0.4, 0.5) is 25.0 Å². The number of halogens is 2. The molecule has 0 aliphatic carbocycles. The zero-order valence-corrected chi connectivity index (χ0v) is 16.0. The first-order chi connectivity index (χ1) is 13.9. The molecule has 3 rings (SSSR count). The Labute approximate surface area is 166 Å². The molecule has 2 aromatic carbocycles. The molecule has 2 N–H and O–H groups in total. The van der Waals surface area contributed by atoms with Crippen molar-refractivity contribution in [1.82, 2.24) is 4.90 Å². The number of likely N-dealkylation sites (tertiary alicyclic amines) is 1. The number of methoxy groups -OCH3 is 2. The van der Waals surface area contributed by atoms with Crippen LogP contribution in [0.1, 0.15) is 12.8 Å². The predicted octanol–water partition coefficient (Wildman–Crippen LogP) is 3.62. The molecule has 1 aliphatic rings. The van der Waals surface area contributed by atoms with Gasteiger partial charge in [0, 0.05) is 36.5 Å². The second-order valence-corrected chi connectivity index (χ2v) is 6.50. The van der Waals surface area contributed by atoms with Crippen molar-refractivity contribution in [2.75, 3.05) is 31.4 Å². The van der Waals surface area contributed by atoms with E-state index in [1.54, 1.807) is 18.2 Å². The first kappa shape index (κ1) is 20.4. The minimum Gasteiger partial charge on any atom is -0.497 e. The van der Waals surface area contributed by atoms with Crippen LogP contribution in [0.5, 0.6) is 11.5 Å². The fourth-order valence-corrected chi connectivity index (χ4v) is 3.17. The smallest absolute Gasteiger partial charge is 0.322 e. The van der Waals surface area contributed by atoms with Gasteiger partial charge in [-0.25, -0.2) is 13.6 Å². The Balaban J connectivity index is 1.71. The van der Waals surface area contributed by atoms with Gasteiger partial charge in [0.1, 0.15) is 29.2 Å². The molecule has 9 heteroatoms. The molecular weight excluding hydrogens is 384 g/mol. The lowest BCUT2D eigenvalue weighted by Crippen LogP contribution is -2.45. The third kappa shape index (κ3) is 4.74. The zero-order chi connectivity index (χ0) is 21.0. The highest BCUT2D eigenvalue weighted by Crippen LogP contribution is 2.27. The monoisotopic (exact) mass is 405 g/mol. The Bertz CT molecular complexity index is 900. The summed E-state index contributed by atoms with van der Waals surface area (Å²) in [6, 6.07) is 6.44. The topological polar surface area (TPSA) is 79.9 Å². The minimum absolute atomic E-state index is 0.153. The molecule has 1 heterocycles. The van der Waals surface area contributed by atoms with Gasteiger partial charge < -0.3 is 25.0 Å². The summed E-state index contributed by atoms with van der Waals surface area (Å²) in [5, 5.41) is 5.15. The Morgan fingerprint density at radius 2 is 1.72 bits per heavy atom. The minimum atomic E-state index is -0.887. The van der Waals surface area contributed by atoms with Crippen molar-refractivity contribution in [2.24, 2.45) is 0 Å². The van der Waals surface area contributed by atoms with Crippen LogP contribution >= 0.6 is 0 Å². The highest BCUT2D eigenvalue weighted by Gasteiger charge is 2.34. The molecule has 2 aromatic rings. The number of rotatable bonds is 5. The van der Waals surface area contributed by atoms with Crippen LogP contribution in [-0.4, -0.2) is 43.6 Å². The van der Waals surface area contributed by atoms with Gasteiger partial charge in [-0.05, 0) is 25.0 Å². The first-order valence-electron chi connectivity index (χ1n) is 8.98. The average Bonchev–Trinajstić information content (AvgIpc) is 3.20. The van der Waals surface area contributed by atoms with Gasteiger partial charge in [0.05, 0.1) is 19.9 Å². The number of hydrogen-bond acceptors (Lipinski definition) is 4. The van der Waals surface area contributed by atoms with Crippen molar-refractivity contribution in [2.45, 2.75) is 18.9 Å². The lowest BCUT2D eigenvalue weighted by molar-refractivity contribution is -0.119. The van der Waals surface area contributed by atoms with Crippen molar-refractivity contribution >= 4 is 23.3 Å². The number of nitrogens with one attached hydrogen (secondary N) is 2. The van der Waals surface area contributed by atoms with Crippen molar-refractivity contribution in [3.8, 4) is 11.5 Å². The van der Waals surface area contributed by atoms with Crippen LogP contribution in [0.25, 0.3) is 0 Å². The average molecular weight is 405 g/mol. The molecule has 1 saturated heterocycles. The number of ether oxygens (including phenoxy) is 2. The maximum atomic E-state index is 13.8. The van der Waals surface area contributed by atoms with Crippen molar-refractivity contribution in [3.63, 3.8) is 0 Å². The molecule has 0 bridgehead atoms. The SMILES string of the molecule is COc1cc(NC(=O)[C@H]2CCCN2C(=O)Nc2ccc(F)cc2F)cc(OC)c1. The highest BCUT2D eigenvalue weighted by molar-refractivity contribution is 5.99. The fraction of sp³-hybridized carbons (Fsp3) is 0.300. The van der Waals surface area contributed by atoms with E-state index >= 15 is 0 Å². The Hall–Kier alpha value is -3.36. The molecule has 1 atom stereocenters. The quantitative estimate of drug-likeness (QED) is 0.796. The molecule has 0 aromatic heterocycles. The number of benzene rings is 2. The van der Waals surface area contributed by atoms with Crippen LogP contribution in [0.3, 0.4) is 0 Å². The van der Waals surface area contributed by atoms with E-state index < -0.39 is 23.7 Å². The number of amides is 3. The van der Waals surface area contributed by atoms with Crippen LogP contribution in [0.2, 0.25) is 0 Å². The first-order valence-corrected chi connectivity index (χ1v) is 8.98. The van der Waals surface area contributed by atoms with Gasteiger partial charge >= 0.3 is 6.03 Å². The molecule has 29 heavy (non-hydrogen) atoms. The second kappa shape index (κ2) is 8.76. The Morgan fingerprint density at radius 3 is 2.34 bits per heavy atom. The van der Waals surface area contributed by atoms with Crippen molar-refractivity contribution < 1.29 is 27.8 Å². The molecule has 154 valence electrons. The third-order valence-electron chi connectivity index (χ3n) is 4.61. The van der Waals surface area contributed by atoms with Gasteiger partial charge in [0.25, 0.3) is 0 Å². The standard InChI is InChI=1S/C20H21F2N3O4/c1-28-14-9-13(10-15(11-14)29-2)23-19(26)18-4-3-7-25(18)20(27)24-17-6-5-12(21)8-16(17)22/h5-6,8-11,18H,3-4,7H2,1-2H3,(H,23,26)(H,24,27)/t18-/m1/s1. The molecule has 0 unspecified atom stereocenters. The number of hydrogen-bond donors (Lipinski definition) is 2. The van der Waals surface area contributed by atoms with E-state index in [2.05, 4.69) is 10.6 Å². The lowest BCUT2D eigenvalue weighted by atomic mass is 10.2. The van der Waals surface area contributed by atoms with Crippen LogP contribution < -0.4 is 20.1 Å². The van der Waals surface area contributed by atoms with E-state index in [1.807, 2.05) is 0 Å². The number of carbonyl (C=O) groups is 2. The summed E-state index contributed by atoms with van der Waals surface area (Å²) in [7, 11) is 3.00. The summed E-state index contributed by atoms with van der Waals surface area (Å²) in [6.07, 6.45) is 1.09. The van der Waals surface area contributed by atoms with E-state index in [0.717, 1.165) is 12.1 Å². The van der Waals surface area contributed by atoms with E-state index in [0.29, 0.717) is 42.6 Å². The van der Waals surface area contributed by atoms with Gasteiger partial charge in [0.2, 0.25) is 5.91 Å². The normalized spacial score (nSPS) is 15.7. The second-order valence-electron chi connectivity index (χ2n) is 6.50. The number of nitrogens with zero attached hydrogens (tertiary/aromatic N) is 1. The van der Waals surface area contributed by atoms with Crippen molar-refractivity contribution in [1.29, 1.82) is 0 Å². The van der Waals surface area contributed by atoms with Gasteiger partial charge in [-0.1, -0.05) is 0 Å². The summed E-state index contributed by atoms with van der Waals surface area (Å²) in [4.78, 5) is 26.6. The lowest BCUT2D eigenvalue weighted by Gasteiger charge is -2.24. The molecule has 0 saturated carbocycles. The maximum absolute atomic E-state index is 13.8. The molecule has 3 amide bonds. The fourth-order valence-electron chi connectivity index (χ4n) is 3.17. The molecular formula is C20H21F2N3O4. The van der Waals surface area contributed by atoms with Crippen LogP contribution in [-0.2, 0) is 4.79 Å². The Morgan fingerprint density at radius 1 is 1.03 bits per heavy atom. The maximum Gasteiger partial charge on any atom is 0.322 e. The molecule has 1 aliphatic heterocycles. The summed E-state index contributed by atoms with van der Waals surface area (Å²) in [5.41, 5.74) is 0.308. The van der Waals surface area contributed by atoms with Gasteiger partial charge in [-0.2, -0.15) is 0 Å². The largest absolute Gasteiger partial charge is 0.497 e. The van der Waals surface area contributed by atoms with Crippen LogP contribution in [0, 0.1) is 11.6 Å². The van der Waals surface area contributed by atoms with E-state index in [-0.39, 0.29) is 11.6 Å². The predicted molar refractivity (Wildman–Crippen MR) is 103 cm³/mol. The molecule has 0 spiro atoms. The Kier molecular flexibility index (Phi) is 6.16. The summed E-state index contributed by atoms with van der Waals surface area (Å²) in [6.45, 7) is 0.341. The third-order valence-corrected chi connectivity index (χ3v) is 4.61.